The average molecular weight is 430 g/mol. The number of nitrogens with zero attached hydrogens (tertiary/aromatic N) is 3. The second-order valence-electron chi connectivity index (χ2n) is 6.82. The van der Waals surface area contributed by atoms with Crippen molar-refractivity contribution in [3.63, 3.8) is 0 Å². The van der Waals surface area contributed by atoms with Crippen LogP contribution in [0.5, 0.6) is 5.75 Å². The molecule has 3 heterocycles. The monoisotopic (exact) mass is 430 g/mol. The molecule has 160 valence electrons. The van der Waals surface area contributed by atoms with Crippen molar-refractivity contribution in [2.45, 2.75) is 19.7 Å². The quantitative estimate of drug-likeness (QED) is 0.496. The van der Waals surface area contributed by atoms with Gasteiger partial charge < -0.3 is 14.5 Å². The Morgan fingerprint density at radius 2 is 2.06 bits per heavy atom. The van der Waals surface area contributed by atoms with Crippen LogP contribution in [0.4, 0.5) is 19.0 Å². The summed E-state index contributed by atoms with van der Waals surface area (Å²) >= 11 is 0. The van der Waals surface area contributed by atoms with Gasteiger partial charge in [-0.05, 0) is 31.2 Å². The van der Waals surface area contributed by atoms with Crippen molar-refractivity contribution < 1.29 is 27.1 Å². The van der Waals surface area contributed by atoms with E-state index in [0.29, 0.717) is 28.1 Å². The fourth-order valence-corrected chi connectivity index (χ4v) is 3.20. The van der Waals surface area contributed by atoms with E-state index in [0.717, 1.165) is 6.20 Å². The molecule has 3 aromatic heterocycles. The third kappa shape index (κ3) is 4.23. The minimum absolute atomic E-state index is 0.0911. The predicted octanol–water partition coefficient (Wildman–Crippen LogP) is 4.72. The van der Waals surface area contributed by atoms with Gasteiger partial charge in [0.25, 0.3) is 5.91 Å². The molecule has 0 unspecified atom stereocenters. The number of nitrogens with one attached hydrogen (secondary N) is 1. The Hall–Kier alpha value is -3.82. The van der Waals surface area contributed by atoms with Gasteiger partial charge in [0.1, 0.15) is 23.7 Å². The molecule has 1 aromatic carbocycles. The zero-order valence-electron chi connectivity index (χ0n) is 16.5. The van der Waals surface area contributed by atoms with Crippen molar-refractivity contribution in [3.8, 4) is 5.75 Å². The largest absolute Gasteiger partial charge is 0.489 e. The van der Waals surface area contributed by atoms with E-state index in [4.69, 9.17) is 9.15 Å². The lowest BCUT2D eigenvalue weighted by atomic mass is 10.1. The van der Waals surface area contributed by atoms with E-state index < -0.39 is 17.8 Å². The minimum Gasteiger partial charge on any atom is -0.489 e. The molecule has 0 bridgehead atoms. The van der Waals surface area contributed by atoms with Gasteiger partial charge in [0.2, 0.25) is 0 Å². The Morgan fingerprint density at radius 3 is 2.77 bits per heavy atom. The topological polar surface area (TPSA) is 82.2 Å². The first kappa shape index (κ1) is 20.5. The minimum atomic E-state index is -4.58. The summed E-state index contributed by atoms with van der Waals surface area (Å²) in [6, 6.07) is 9.09. The molecule has 0 saturated heterocycles. The summed E-state index contributed by atoms with van der Waals surface area (Å²) in [5.41, 5.74) is -0.339. The van der Waals surface area contributed by atoms with Crippen LogP contribution in [0, 0.1) is 6.92 Å². The number of rotatable bonds is 5. The normalized spacial score (nSPS) is 11.6. The molecule has 4 rings (SSSR count). The molecule has 0 aliphatic carbocycles. The molecule has 7 nitrogen and oxygen atoms in total. The lowest BCUT2D eigenvalue weighted by molar-refractivity contribution is -0.142. The van der Waals surface area contributed by atoms with E-state index in [9.17, 15) is 18.0 Å². The third-order valence-corrected chi connectivity index (χ3v) is 4.57. The lowest BCUT2D eigenvalue weighted by Crippen LogP contribution is -2.13. The van der Waals surface area contributed by atoms with Gasteiger partial charge in [0, 0.05) is 36.5 Å². The number of aryl methyl sites for hydroxylation is 2. The van der Waals surface area contributed by atoms with E-state index in [1.807, 2.05) is 0 Å². The van der Waals surface area contributed by atoms with E-state index in [1.165, 1.54) is 12.1 Å². The number of carbonyl (C=O) groups excluding carboxylic acids is 1. The summed E-state index contributed by atoms with van der Waals surface area (Å²) in [4.78, 5) is 16.2. The van der Waals surface area contributed by atoms with Gasteiger partial charge in [0.05, 0.1) is 5.56 Å². The number of carbonyl (C=O) groups is 1. The van der Waals surface area contributed by atoms with Gasteiger partial charge >= 0.3 is 6.18 Å². The van der Waals surface area contributed by atoms with Crippen LogP contribution in [-0.2, 0) is 19.8 Å². The number of hydrogen-bond donors (Lipinski definition) is 1. The molecule has 0 saturated carbocycles. The first-order valence-electron chi connectivity index (χ1n) is 9.20. The van der Waals surface area contributed by atoms with E-state index in [2.05, 4.69) is 15.4 Å². The van der Waals surface area contributed by atoms with E-state index in [-0.39, 0.29) is 17.9 Å². The van der Waals surface area contributed by atoms with Gasteiger partial charge in [-0.25, -0.2) is 0 Å². The highest BCUT2D eigenvalue weighted by molar-refractivity contribution is 6.13. The maximum atomic E-state index is 13.1. The molecule has 0 aliphatic rings. The number of pyridine rings is 1. The zero-order chi connectivity index (χ0) is 22.2. The van der Waals surface area contributed by atoms with Gasteiger partial charge in [-0.1, -0.05) is 6.07 Å². The molecule has 0 fully saturated rings. The molecule has 0 radical (unpaired) electrons. The number of benzene rings is 1. The standard InChI is InChI=1S/C21H17F3N4O3/c1-12-18(20(29)26-17-7-9-28(2)27-17)15-10-14(5-6-16(15)31-12)30-11-13-4-3-8-25-19(13)21(22,23)24/h3-10H,11H2,1-2H3,(H,26,27,29). The highest BCUT2D eigenvalue weighted by Gasteiger charge is 2.35. The molecule has 0 atom stereocenters. The first-order chi connectivity index (χ1) is 14.7. The number of amides is 1. The van der Waals surface area contributed by atoms with Crippen molar-refractivity contribution >= 4 is 22.7 Å². The average Bonchev–Trinajstić information content (AvgIpc) is 3.27. The van der Waals surface area contributed by atoms with Crippen molar-refractivity contribution in [1.82, 2.24) is 14.8 Å². The van der Waals surface area contributed by atoms with Crippen LogP contribution in [-0.4, -0.2) is 20.7 Å². The summed E-state index contributed by atoms with van der Waals surface area (Å²) in [7, 11) is 1.73. The summed E-state index contributed by atoms with van der Waals surface area (Å²) in [6.45, 7) is 1.32. The number of furan rings is 1. The van der Waals surface area contributed by atoms with Crippen molar-refractivity contribution in [1.29, 1.82) is 0 Å². The Balaban J connectivity index is 1.60. The predicted molar refractivity (Wildman–Crippen MR) is 106 cm³/mol. The number of ether oxygens (including phenoxy) is 1. The number of halogens is 3. The number of anilines is 1. The SMILES string of the molecule is Cc1oc2ccc(OCc3cccnc3C(F)(F)F)cc2c1C(=O)Nc1ccn(C)n1. The first-order valence-corrected chi connectivity index (χ1v) is 9.20. The second-order valence-corrected chi connectivity index (χ2v) is 6.82. The van der Waals surface area contributed by atoms with Crippen LogP contribution in [0.15, 0.2) is 53.2 Å². The zero-order valence-corrected chi connectivity index (χ0v) is 16.5. The fraction of sp³-hybridized carbons (Fsp3) is 0.190. The maximum absolute atomic E-state index is 13.1. The molecular weight excluding hydrogens is 413 g/mol. The number of fused-ring (bicyclic) bond motifs is 1. The molecule has 10 heteroatoms. The molecule has 1 amide bonds. The Bertz CT molecular complexity index is 1260. The Labute approximate surface area is 174 Å². The molecule has 0 spiro atoms. The van der Waals surface area contributed by atoms with Crippen LogP contribution in [0.2, 0.25) is 0 Å². The highest BCUT2D eigenvalue weighted by Crippen LogP contribution is 2.32. The summed E-state index contributed by atoms with van der Waals surface area (Å²) in [5, 5.41) is 7.28. The number of aromatic nitrogens is 3. The van der Waals surface area contributed by atoms with Crippen LogP contribution in [0.1, 0.15) is 27.4 Å². The lowest BCUT2D eigenvalue weighted by Gasteiger charge is -2.12. The molecule has 1 N–H and O–H groups in total. The van der Waals surface area contributed by atoms with Crippen molar-refractivity contribution in [2.24, 2.45) is 7.05 Å². The van der Waals surface area contributed by atoms with Gasteiger partial charge in [-0.2, -0.15) is 18.3 Å². The fourth-order valence-electron chi connectivity index (χ4n) is 3.20. The number of hydrogen-bond acceptors (Lipinski definition) is 5. The number of alkyl halides is 3. The van der Waals surface area contributed by atoms with Gasteiger partial charge in [-0.15, -0.1) is 0 Å². The van der Waals surface area contributed by atoms with Crippen LogP contribution >= 0.6 is 0 Å². The van der Waals surface area contributed by atoms with Crippen molar-refractivity contribution in [2.75, 3.05) is 5.32 Å². The van der Waals surface area contributed by atoms with E-state index in [1.54, 1.807) is 49.1 Å². The molecule has 4 aromatic rings. The summed E-state index contributed by atoms with van der Waals surface area (Å²) in [5.74, 6) is 0.646. The smallest absolute Gasteiger partial charge is 0.433 e. The molecular formula is C21H17F3N4O3. The van der Waals surface area contributed by atoms with Crippen LogP contribution in [0.25, 0.3) is 11.0 Å². The van der Waals surface area contributed by atoms with Gasteiger partial charge in [-0.3, -0.25) is 14.5 Å². The summed E-state index contributed by atoms with van der Waals surface area (Å²) in [6.07, 6.45) is -1.81. The van der Waals surface area contributed by atoms with Gasteiger partial charge in [0.15, 0.2) is 11.5 Å². The summed E-state index contributed by atoms with van der Waals surface area (Å²) < 4.78 is 52.1. The highest BCUT2D eigenvalue weighted by atomic mass is 19.4. The van der Waals surface area contributed by atoms with E-state index >= 15 is 0 Å². The molecule has 0 aliphatic heterocycles. The maximum Gasteiger partial charge on any atom is 0.433 e. The second kappa shape index (κ2) is 7.78. The Kier molecular flexibility index (Phi) is 5.14. The van der Waals surface area contributed by atoms with Crippen LogP contribution in [0.3, 0.4) is 0 Å². The molecule has 31 heavy (non-hydrogen) atoms. The third-order valence-electron chi connectivity index (χ3n) is 4.57. The van der Waals surface area contributed by atoms with Crippen LogP contribution < -0.4 is 10.1 Å². The Morgan fingerprint density at radius 1 is 1.26 bits per heavy atom. The van der Waals surface area contributed by atoms with Crippen molar-refractivity contribution in [3.05, 3.63) is 71.4 Å².